The van der Waals surface area contributed by atoms with Gasteiger partial charge in [0.1, 0.15) is 0 Å². The minimum absolute atomic E-state index is 0.114. The second kappa shape index (κ2) is 8.88. The lowest BCUT2D eigenvalue weighted by Crippen LogP contribution is -2.49. The SMILES string of the molecule is COC1CC2C3CC=C4CC(O)CCC4(C)C3CCC2(C)C1=C(C)CC(C)C(C)C(C)C. The normalized spacial score (nSPS) is 44.9. The summed E-state index contributed by atoms with van der Waals surface area (Å²) in [5, 5.41) is 10.3. The fourth-order valence-corrected chi connectivity index (χ4v) is 8.86. The number of hydrogen-bond acceptors (Lipinski definition) is 2. The smallest absolute Gasteiger partial charge is 0.0792 e. The monoisotopic (exact) mass is 442 g/mol. The van der Waals surface area contributed by atoms with Gasteiger partial charge in [-0.1, -0.05) is 58.8 Å². The molecule has 2 nitrogen and oxygen atoms in total. The molecule has 0 spiro atoms. The zero-order valence-electron chi connectivity index (χ0n) is 22.2. The van der Waals surface area contributed by atoms with Gasteiger partial charge in [-0.05, 0) is 110 Å². The van der Waals surface area contributed by atoms with E-state index >= 15 is 0 Å². The predicted octanol–water partition coefficient (Wildman–Crippen LogP) is 7.57. The average Bonchev–Trinajstić information content (AvgIpc) is 3.06. The third kappa shape index (κ3) is 3.86. The van der Waals surface area contributed by atoms with Crippen LogP contribution in [0.3, 0.4) is 0 Å². The molecule has 2 heteroatoms. The van der Waals surface area contributed by atoms with E-state index < -0.39 is 0 Å². The van der Waals surface area contributed by atoms with E-state index in [9.17, 15) is 5.11 Å². The van der Waals surface area contributed by atoms with E-state index in [1.807, 2.05) is 7.11 Å². The molecule has 9 unspecified atom stereocenters. The number of allylic oxidation sites excluding steroid dienone is 2. The molecule has 9 atom stereocenters. The summed E-state index contributed by atoms with van der Waals surface area (Å²) in [5.74, 6) is 4.48. The second-order valence-corrected chi connectivity index (χ2v) is 13.1. The fraction of sp³-hybridized carbons (Fsp3) is 0.867. The van der Waals surface area contributed by atoms with Crippen molar-refractivity contribution in [3.05, 3.63) is 22.8 Å². The molecule has 0 saturated heterocycles. The first-order valence-electron chi connectivity index (χ1n) is 13.6. The molecule has 1 N–H and O–H groups in total. The molecule has 0 heterocycles. The molecule has 4 aliphatic carbocycles. The largest absolute Gasteiger partial charge is 0.393 e. The number of rotatable bonds is 5. The van der Waals surface area contributed by atoms with Gasteiger partial charge in [0, 0.05) is 7.11 Å². The third-order valence-corrected chi connectivity index (χ3v) is 11.2. The van der Waals surface area contributed by atoms with Gasteiger partial charge in [0.25, 0.3) is 0 Å². The molecule has 0 radical (unpaired) electrons. The van der Waals surface area contributed by atoms with Gasteiger partial charge < -0.3 is 9.84 Å². The standard InChI is InChI=1S/C30H50O2/c1-18(2)21(5)19(3)15-20(4)28-27(32-8)17-26-24-10-9-22-16-23(31)11-13-29(22,6)25(24)12-14-30(26,28)7/h9,18-19,21,23-27,31H,10-17H2,1-8H3. The van der Waals surface area contributed by atoms with E-state index in [4.69, 9.17) is 4.74 Å². The van der Waals surface area contributed by atoms with E-state index in [0.29, 0.717) is 22.9 Å². The van der Waals surface area contributed by atoms with Gasteiger partial charge in [-0.15, -0.1) is 0 Å². The maximum atomic E-state index is 10.3. The maximum absolute atomic E-state index is 10.3. The van der Waals surface area contributed by atoms with Crippen LogP contribution in [-0.4, -0.2) is 24.4 Å². The van der Waals surface area contributed by atoms with Crippen LogP contribution >= 0.6 is 0 Å². The Kier molecular flexibility index (Phi) is 6.80. The van der Waals surface area contributed by atoms with Crippen molar-refractivity contribution in [3.63, 3.8) is 0 Å². The van der Waals surface area contributed by atoms with Crippen molar-refractivity contribution in [1.82, 2.24) is 0 Å². The number of hydrogen-bond donors (Lipinski definition) is 1. The van der Waals surface area contributed by atoms with Crippen LogP contribution in [0.15, 0.2) is 22.8 Å². The summed E-state index contributed by atoms with van der Waals surface area (Å²) in [6, 6.07) is 0. The molecule has 3 saturated carbocycles. The Morgan fingerprint density at radius 3 is 2.44 bits per heavy atom. The maximum Gasteiger partial charge on any atom is 0.0792 e. The van der Waals surface area contributed by atoms with Crippen molar-refractivity contribution in [2.45, 2.75) is 112 Å². The first kappa shape index (κ1) is 24.5. The van der Waals surface area contributed by atoms with E-state index in [0.717, 1.165) is 42.4 Å². The summed E-state index contributed by atoms with van der Waals surface area (Å²) in [6.45, 7) is 17.2. The van der Waals surface area contributed by atoms with Gasteiger partial charge in [0.05, 0.1) is 12.2 Å². The van der Waals surface area contributed by atoms with Gasteiger partial charge in [-0.2, -0.15) is 0 Å². The topological polar surface area (TPSA) is 29.5 Å². The third-order valence-electron chi connectivity index (χ3n) is 11.2. The number of methoxy groups -OCH3 is 1. The molecule has 0 aliphatic heterocycles. The van der Waals surface area contributed by atoms with Crippen molar-refractivity contribution in [3.8, 4) is 0 Å². The van der Waals surface area contributed by atoms with E-state index in [1.165, 1.54) is 38.5 Å². The van der Waals surface area contributed by atoms with Gasteiger partial charge >= 0.3 is 0 Å². The van der Waals surface area contributed by atoms with E-state index in [2.05, 4.69) is 54.5 Å². The van der Waals surface area contributed by atoms with Crippen molar-refractivity contribution in [1.29, 1.82) is 0 Å². The van der Waals surface area contributed by atoms with Crippen LogP contribution in [0.5, 0.6) is 0 Å². The average molecular weight is 443 g/mol. The molecule has 0 bridgehead atoms. The number of ether oxygens (including phenoxy) is 1. The molecule has 0 aromatic rings. The van der Waals surface area contributed by atoms with E-state index in [-0.39, 0.29) is 6.10 Å². The van der Waals surface area contributed by atoms with Crippen LogP contribution in [0, 0.1) is 46.3 Å². The Hall–Kier alpha value is -0.600. The molecule has 32 heavy (non-hydrogen) atoms. The second-order valence-electron chi connectivity index (χ2n) is 13.1. The predicted molar refractivity (Wildman–Crippen MR) is 134 cm³/mol. The lowest BCUT2D eigenvalue weighted by molar-refractivity contribution is -0.0283. The van der Waals surface area contributed by atoms with Crippen molar-refractivity contribution >= 4 is 0 Å². The van der Waals surface area contributed by atoms with Crippen LogP contribution in [-0.2, 0) is 4.74 Å². The van der Waals surface area contributed by atoms with Gasteiger partial charge in [0.2, 0.25) is 0 Å². The van der Waals surface area contributed by atoms with Gasteiger partial charge in [-0.3, -0.25) is 0 Å². The summed E-state index contributed by atoms with van der Waals surface area (Å²) in [4.78, 5) is 0. The quantitative estimate of drug-likeness (QED) is 0.445. The Bertz CT molecular complexity index is 763. The minimum Gasteiger partial charge on any atom is -0.393 e. The molecule has 0 aromatic heterocycles. The Morgan fingerprint density at radius 1 is 1.09 bits per heavy atom. The van der Waals surface area contributed by atoms with Crippen LogP contribution in [0.25, 0.3) is 0 Å². The highest BCUT2D eigenvalue weighted by Gasteiger charge is 2.59. The van der Waals surface area contributed by atoms with E-state index in [1.54, 1.807) is 16.7 Å². The molecular weight excluding hydrogens is 392 g/mol. The summed E-state index contributed by atoms with van der Waals surface area (Å²) < 4.78 is 6.21. The molecule has 0 amide bonds. The highest BCUT2D eigenvalue weighted by atomic mass is 16.5. The molecule has 4 aliphatic rings. The van der Waals surface area contributed by atoms with Crippen molar-refractivity contribution < 1.29 is 9.84 Å². The fourth-order valence-electron chi connectivity index (χ4n) is 8.86. The summed E-state index contributed by atoms with van der Waals surface area (Å²) in [6.07, 6.45) is 12.1. The number of aliphatic hydroxyl groups excluding tert-OH is 1. The summed E-state index contributed by atoms with van der Waals surface area (Å²) in [7, 11) is 1.94. The zero-order valence-corrected chi connectivity index (χ0v) is 22.2. The lowest BCUT2D eigenvalue weighted by atomic mass is 9.47. The highest BCUT2D eigenvalue weighted by molar-refractivity contribution is 5.34. The summed E-state index contributed by atoms with van der Waals surface area (Å²) in [5.41, 5.74) is 5.48. The number of aliphatic hydroxyl groups is 1. The molecular formula is C30H50O2. The summed E-state index contributed by atoms with van der Waals surface area (Å²) >= 11 is 0. The minimum atomic E-state index is -0.114. The lowest BCUT2D eigenvalue weighted by Gasteiger charge is -2.57. The van der Waals surface area contributed by atoms with Gasteiger partial charge in [-0.25, -0.2) is 0 Å². The first-order chi connectivity index (χ1) is 15.0. The Labute approximate surface area is 198 Å². The molecule has 0 aromatic carbocycles. The molecule has 3 fully saturated rings. The highest BCUT2D eigenvalue weighted by Crippen LogP contribution is 2.67. The van der Waals surface area contributed by atoms with Crippen LogP contribution in [0.1, 0.15) is 99.8 Å². The molecule has 4 rings (SSSR count). The van der Waals surface area contributed by atoms with Crippen molar-refractivity contribution in [2.24, 2.45) is 46.3 Å². The Morgan fingerprint density at radius 2 is 1.78 bits per heavy atom. The molecule has 182 valence electrons. The van der Waals surface area contributed by atoms with Gasteiger partial charge in [0.15, 0.2) is 0 Å². The van der Waals surface area contributed by atoms with Crippen LogP contribution in [0.4, 0.5) is 0 Å². The van der Waals surface area contributed by atoms with Crippen molar-refractivity contribution in [2.75, 3.05) is 7.11 Å². The number of fused-ring (bicyclic) bond motifs is 5. The van der Waals surface area contributed by atoms with Crippen LogP contribution in [0.2, 0.25) is 0 Å². The zero-order chi connectivity index (χ0) is 23.4. The first-order valence-corrected chi connectivity index (χ1v) is 13.6. The Balaban J connectivity index is 1.64. The van der Waals surface area contributed by atoms with Crippen LogP contribution < -0.4 is 0 Å².